The molecule has 1 heterocycles. The lowest BCUT2D eigenvalue weighted by molar-refractivity contribution is 0.628. The number of hydrogen-bond donors (Lipinski definition) is 2. The Morgan fingerprint density at radius 3 is 2.58 bits per heavy atom. The van der Waals surface area contributed by atoms with Gasteiger partial charge in [0.05, 0.1) is 23.6 Å². The van der Waals surface area contributed by atoms with Crippen LogP contribution in [0.5, 0.6) is 0 Å². The maximum absolute atomic E-state index is 13.3. The van der Waals surface area contributed by atoms with E-state index in [4.69, 9.17) is 23.8 Å². The van der Waals surface area contributed by atoms with Crippen molar-refractivity contribution in [3.63, 3.8) is 0 Å². The molecule has 0 fully saturated rings. The van der Waals surface area contributed by atoms with E-state index >= 15 is 0 Å². The first-order chi connectivity index (χ1) is 12.4. The number of thiocarbonyl (C=S) groups is 1. The van der Waals surface area contributed by atoms with E-state index in [-0.39, 0.29) is 5.82 Å². The molecule has 3 rings (SSSR count). The van der Waals surface area contributed by atoms with Crippen molar-refractivity contribution in [2.75, 3.05) is 10.6 Å². The lowest BCUT2D eigenvalue weighted by Gasteiger charge is -2.11. The third kappa shape index (κ3) is 4.39. The second kappa shape index (κ2) is 7.85. The van der Waals surface area contributed by atoms with Gasteiger partial charge in [-0.05, 0) is 62.0 Å². The molecule has 4 nitrogen and oxygen atoms in total. The van der Waals surface area contributed by atoms with Crippen LogP contribution in [-0.4, -0.2) is 14.9 Å². The Morgan fingerprint density at radius 2 is 1.88 bits per heavy atom. The summed E-state index contributed by atoms with van der Waals surface area (Å²) in [5.41, 5.74) is 4.33. The smallest absolute Gasteiger partial charge is 0.175 e. The topological polar surface area (TPSA) is 41.9 Å². The zero-order chi connectivity index (χ0) is 18.7. The molecule has 1 aromatic heterocycles. The Labute approximate surface area is 162 Å². The van der Waals surface area contributed by atoms with Gasteiger partial charge in [0.25, 0.3) is 0 Å². The minimum atomic E-state index is -0.319. The average Bonchev–Trinajstić information content (AvgIpc) is 2.84. The molecular formula is C19H18ClFN4S. The molecule has 0 aliphatic carbocycles. The Morgan fingerprint density at radius 1 is 1.15 bits per heavy atom. The molecule has 2 aromatic carbocycles. The minimum absolute atomic E-state index is 0.319. The van der Waals surface area contributed by atoms with Crippen LogP contribution >= 0.6 is 23.8 Å². The van der Waals surface area contributed by atoms with Crippen LogP contribution in [0.3, 0.4) is 0 Å². The SMILES string of the molecule is Cc1nn(Cc2ccc(Cl)cc2)c(C)c1NC(=S)Nc1cccc(F)c1. The van der Waals surface area contributed by atoms with Gasteiger partial charge >= 0.3 is 0 Å². The van der Waals surface area contributed by atoms with Crippen LogP contribution in [0.25, 0.3) is 0 Å². The van der Waals surface area contributed by atoms with Crippen LogP contribution in [0.1, 0.15) is 17.0 Å². The third-order valence-corrected chi connectivity index (χ3v) is 4.40. The van der Waals surface area contributed by atoms with Crippen molar-refractivity contribution in [1.29, 1.82) is 0 Å². The van der Waals surface area contributed by atoms with Crippen LogP contribution in [0, 0.1) is 19.7 Å². The predicted molar refractivity (Wildman–Crippen MR) is 108 cm³/mol. The van der Waals surface area contributed by atoms with Crippen molar-refractivity contribution in [3.8, 4) is 0 Å². The predicted octanol–water partition coefficient (Wildman–Crippen LogP) is 5.15. The van der Waals surface area contributed by atoms with Crippen LogP contribution in [0.15, 0.2) is 48.5 Å². The number of aromatic nitrogens is 2. The highest BCUT2D eigenvalue weighted by atomic mass is 35.5. The average molecular weight is 389 g/mol. The Bertz CT molecular complexity index is 937. The molecule has 0 saturated heterocycles. The molecule has 134 valence electrons. The monoisotopic (exact) mass is 388 g/mol. The van der Waals surface area contributed by atoms with E-state index in [0.717, 1.165) is 22.6 Å². The standard InChI is InChI=1S/C19H18ClFN4S/c1-12-18(23-19(26)22-17-5-3-4-16(21)10-17)13(2)25(24-12)11-14-6-8-15(20)9-7-14/h3-10H,11H2,1-2H3,(H2,22,23,26). The number of anilines is 2. The van der Waals surface area contributed by atoms with Crippen molar-refractivity contribution in [1.82, 2.24) is 9.78 Å². The van der Waals surface area contributed by atoms with E-state index in [0.29, 0.717) is 22.4 Å². The highest BCUT2D eigenvalue weighted by Gasteiger charge is 2.13. The van der Waals surface area contributed by atoms with Crippen LogP contribution in [-0.2, 0) is 6.54 Å². The molecule has 0 spiro atoms. The first-order valence-electron chi connectivity index (χ1n) is 8.04. The molecule has 7 heteroatoms. The van der Waals surface area contributed by atoms with Gasteiger partial charge in [-0.2, -0.15) is 5.10 Å². The molecular weight excluding hydrogens is 371 g/mol. The Balaban J connectivity index is 1.73. The molecule has 0 bridgehead atoms. The summed E-state index contributed by atoms with van der Waals surface area (Å²) in [4.78, 5) is 0. The van der Waals surface area contributed by atoms with Crippen molar-refractivity contribution in [2.45, 2.75) is 20.4 Å². The zero-order valence-corrected chi connectivity index (χ0v) is 16.0. The fourth-order valence-electron chi connectivity index (χ4n) is 2.64. The van der Waals surface area contributed by atoms with E-state index in [1.54, 1.807) is 12.1 Å². The molecule has 0 amide bonds. The first kappa shape index (κ1) is 18.4. The van der Waals surface area contributed by atoms with Gasteiger partial charge in [0.2, 0.25) is 0 Å². The summed E-state index contributed by atoms with van der Waals surface area (Å²) in [7, 11) is 0. The molecule has 2 N–H and O–H groups in total. The normalized spacial score (nSPS) is 10.6. The molecule has 0 aliphatic rings. The lowest BCUT2D eigenvalue weighted by atomic mass is 10.2. The Hall–Kier alpha value is -2.44. The summed E-state index contributed by atoms with van der Waals surface area (Å²) in [6.07, 6.45) is 0. The largest absolute Gasteiger partial charge is 0.332 e. The van der Waals surface area contributed by atoms with E-state index in [2.05, 4.69) is 15.7 Å². The summed E-state index contributed by atoms with van der Waals surface area (Å²) in [6.45, 7) is 4.52. The highest BCUT2D eigenvalue weighted by Crippen LogP contribution is 2.21. The van der Waals surface area contributed by atoms with Crippen LogP contribution < -0.4 is 10.6 Å². The molecule has 26 heavy (non-hydrogen) atoms. The summed E-state index contributed by atoms with van der Waals surface area (Å²) in [5.74, 6) is -0.319. The second-order valence-electron chi connectivity index (χ2n) is 5.92. The summed E-state index contributed by atoms with van der Waals surface area (Å²) < 4.78 is 15.2. The van der Waals surface area contributed by atoms with Crippen LogP contribution in [0.4, 0.5) is 15.8 Å². The number of halogens is 2. The quantitative estimate of drug-likeness (QED) is 0.606. The van der Waals surface area contributed by atoms with Gasteiger partial charge < -0.3 is 10.6 Å². The number of aryl methyl sites for hydroxylation is 1. The summed E-state index contributed by atoms with van der Waals surface area (Å²) in [6, 6.07) is 13.8. The maximum Gasteiger partial charge on any atom is 0.175 e. The van der Waals surface area contributed by atoms with Crippen molar-refractivity contribution in [3.05, 3.63) is 76.3 Å². The van der Waals surface area contributed by atoms with Gasteiger partial charge in [-0.25, -0.2) is 4.39 Å². The number of nitrogens with one attached hydrogen (secondary N) is 2. The van der Waals surface area contributed by atoms with Crippen molar-refractivity contribution < 1.29 is 4.39 Å². The van der Waals surface area contributed by atoms with E-state index in [9.17, 15) is 4.39 Å². The summed E-state index contributed by atoms with van der Waals surface area (Å²) >= 11 is 11.3. The fourth-order valence-corrected chi connectivity index (χ4v) is 2.98. The van der Waals surface area contributed by atoms with Gasteiger partial charge in [-0.15, -0.1) is 0 Å². The van der Waals surface area contributed by atoms with E-state index in [1.165, 1.54) is 12.1 Å². The van der Waals surface area contributed by atoms with E-state index < -0.39 is 0 Å². The van der Waals surface area contributed by atoms with Crippen molar-refractivity contribution >= 4 is 40.3 Å². The molecule has 0 saturated carbocycles. The Kier molecular flexibility index (Phi) is 5.54. The number of rotatable bonds is 4. The summed E-state index contributed by atoms with van der Waals surface area (Å²) in [5, 5.41) is 11.8. The van der Waals surface area contributed by atoms with Gasteiger partial charge in [0.15, 0.2) is 5.11 Å². The molecule has 0 atom stereocenters. The van der Waals surface area contributed by atoms with Crippen molar-refractivity contribution in [2.24, 2.45) is 0 Å². The van der Waals surface area contributed by atoms with Gasteiger partial charge in [-0.3, -0.25) is 4.68 Å². The fraction of sp³-hybridized carbons (Fsp3) is 0.158. The number of nitrogens with zero attached hydrogens (tertiary/aromatic N) is 2. The number of benzene rings is 2. The highest BCUT2D eigenvalue weighted by molar-refractivity contribution is 7.80. The second-order valence-corrected chi connectivity index (χ2v) is 6.76. The lowest BCUT2D eigenvalue weighted by Crippen LogP contribution is -2.20. The zero-order valence-electron chi connectivity index (χ0n) is 14.4. The molecule has 0 unspecified atom stereocenters. The molecule has 0 aliphatic heterocycles. The molecule has 0 radical (unpaired) electrons. The van der Waals surface area contributed by atoms with Gasteiger partial charge in [-0.1, -0.05) is 29.8 Å². The van der Waals surface area contributed by atoms with Gasteiger partial charge in [0.1, 0.15) is 5.82 Å². The minimum Gasteiger partial charge on any atom is -0.332 e. The molecule has 3 aromatic rings. The third-order valence-electron chi connectivity index (χ3n) is 3.95. The van der Waals surface area contributed by atoms with Gasteiger partial charge in [0, 0.05) is 10.7 Å². The number of hydrogen-bond acceptors (Lipinski definition) is 2. The first-order valence-corrected chi connectivity index (χ1v) is 8.83. The van der Waals surface area contributed by atoms with E-state index in [1.807, 2.05) is 42.8 Å². The maximum atomic E-state index is 13.3. The van der Waals surface area contributed by atoms with Crippen LogP contribution in [0.2, 0.25) is 5.02 Å².